The molecule has 0 unspecified atom stereocenters. The van der Waals surface area contributed by atoms with Crippen LogP contribution in [0.5, 0.6) is 17.2 Å². The van der Waals surface area contributed by atoms with Gasteiger partial charge in [0.15, 0.2) is 11.5 Å². The van der Waals surface area contributed by atoms with Crippen molar-refractivity contribution < 1.29 is 23.4 Å². The summed E-state index contributed by atoms with van der Waals surface area (Å²) in [5.74, 6) is 2.12. The number of methoxy groups -OCH3 is 3. The van der Waals surface area contributed by atoms with Crippen LogP contribution in [0.4, 0.5) is 0 Å². The van der Waals surface area contributed by atoms with Gasteiger partial charge in [-0.3, -0.25) is 4.79 Å². The minimum Gasteiger partial charge on any atom is -0.496 e. The van der Waals surface area contributed by atoms with E-state index >= 15 is 0 Å². The normalized spacial score (nSPS) is 15.3. The van der Waals surface area contributed by atoms with Gasteiger partial charge in [0.25, 0.3) is 5.91 Å². The Kier molecular flexibility index (Phi) is 6.46. The number of ether oxygens (including phenoxy) is 3. The highest BCUT2D eigenvalue weighted by atomic mass is 16.5. The molecule has 0 aliphatic carbocycles. The fraction of sp³-hybridized carbons (Fsp3) is 0.476. The molecule has 1 aromatic heterocycles. The average Bonchev–Trinajstić information content (AvgIpc) is 3.24. The van der Waals surface area contributed by atoms with E-state index in [-0.39, 0.29) is 11.9 Å². The lowest BCUT2D eigenvalue weighted by molar-refractivity contribution is 0.0547. The van der Waals surface area contributed by atoms with E-state index in [4.69, 9.17) is 18.6 Å². The molecule has 1 fully saturated rings. The van der Waals surface area contributed by atoms with E-state index in [1.165, 1.54) is 0 Å². The molecule has 0 bridgehead atoms. The molecule has 7 heteroatoms. The Bertz CT molecular complexity index is 782. The van der Waals surface area contributed by atoms with E-state index in [1.807, 2.05) is 17.0 Å². The van der Waals surface area contributed by atoms with Crippen LogP contribution in [0.15, 0.2) is 34.9 Å². The second kappa shape index (κ2) is 9.01. The summed E-state index contributed by atoms with van der Waals surface area (Å²) < 4.78 is 21.7. The van der Waals surface area contributed by atoms with Crippen molar-refractivity contribution in [3.05, 3.63) is 41.9 Å². The highest BCUT2D eigenvalue weighted by Crippen LogP contribution is 2.36. The number of furan rings is 1. The Balaban J connectivity index is 1.96. The smallest absolute Gasteiger partial charge is 0.258 e. The zero-order valence-electron chi connectivity index (χ0n) is 16.9. The molecule has 1 aliphatic rings. The van der Waals surface area contributed by atoms with Crippen LogP contribution in [-0.4, -0.2) is 63.2 Å². The van der Waals surface area contributed by atoms with Crippen molar-refractivity contribution in [3.8, 4) is 17.2 Å². The Morgan fingerprint density at radius 1 is 1.11 bits per heavy atom. The maximum atomic E-state index is 13.6. The molecule has 0 N–H and O–H groups in total. The van der Waals surface area contributed by atoms with Gasteiger partial charge in [0.05, 0.1) is 39.7 Å². The molecule has 152 valence electrons. The standard InChI is InChI=1S/C21H28N2O5/c1-22-9-7-15(8-10-22)23(14-16-6-5-11-28-16)21(24)17-12-19(26-3)20(27-4)13-18(17)25-2/h5-6,11-13,15H,7-10,14H2,1-4H3. The van der Waals surface area contributed by atoms with Gasteiger partial charge in [0.2, 0.25) is 0 Å². The van der Waals surface area contributed by atoms with Gasteiger partial charge in [-0.15, -0.1) is 0 Å². The molecule has 2 aromatic rings. The van der Waals surface area contributed by atoms with E-state index in [1.54, 1.807) is 39.7 Å². The summed E-state index contributed by atoms with van der Waals surface area (Å²) >= 11 is 0. The van der Waals surface area contributed by atoms with Crippen LogP contribution in [0, 0.1) is 0 Å². The first-order valence-corrected chi connectivity index (χ1v) is 9.39. The molecule has 1 aliphatic heterocycles. The number of amides is 1. The highest BCUT2D eigenvalue weighted by Gasteiger charge is 2.31. The number of carbonyl (C=O) groups is 1. The van der Waals surface area contributed by atoms with Gasteiger partial charge in [0.1, 0.15) is 11.5 Å². The maximum Gasteiger partial charge on any atom is 0.258 e. The van der Waals surface area contributed by atoms with Gasteiger partial charge >= 0.3 is 0 Å². The first-order valence-electron chi connectivity index (χ1n) is 9.39. The largest absolute Gasteiger partial charge is 0.496 e. The molecule has 0 spiro atoms. The van der Waals surface area contributed by atoms with Crippen LogP contribution in [0.1, 0.15) is 29.0 Å². The van der Waals surface area contributed by atoms with Crippen molar-refractivity contribution in [1.82, 2.24) is 9.80 Å². The topological polar surface area (TPSA) is 64.4 Å². The van der Waals surface area contributed by atoms with Gasteiger partial charge in [-0.25, -0.2) is 0 Å². The number of benzene rings is 1. The van der Waals surface area contributed by atoms with Crippen LogP contribution in [0.2, 0.25) is 0 Å². The van der Waals surface area contributed by atoms with E-state index in [0.29, 0.717) is 29.4 Å². The number of hydrogen-bond acceptors (Lipinski definition) is 6. The van der Waals surface area contributed by atoms with Gasteiger partial charge < -0.3 is 28.4 Å². The Labute approximate surface area is 165 Å². The first-order chi connectivity index (χ1) is 13.6. The Hall–Kier alpha value is -2.67. The monoisotopic (exact) mass is 388 g/mol. The maximum absolute atomic E-state index is 13.6. The van der Waals surface area contributed by atoms with E-state index in [9.17, 15) is 4.79 Å². The molecule has 1 amide bonds. The summed E-state index contributed by atoms with van der Waals surface area (Å²) in [4.78, 5) is 17.8. The molecule has 1 saturated heterocycles. The van der Waals surface area contributed by atoms with Gasteiger partial charge in [0, 0.05) is 18.2 Å². The quantitative estimate of drug-likeness (QED) is 0.726. The summed E-state index contributed by atoms with van der Waals surface area (Å²) in [6.45, 7) is 2.32. The van der Waals surface area contributed by atoms with Gasteiger partial charge in [-0.1, -0.05) is 0 Å². The summed E-state index contributed by atoms with van der Waals surface area (Å²) in [5, 5.41) is 0. The summed E-state index contributed by atoms with van der Waals surface area (Å²) in [5.41, 5.74) is 0.450. The van der Waals surface area contributed by atoms with Crippen molar-refractivity contribution >= 4 is 5.91 Å². The number of rotatable bonds is 7. The summed E-state index contributed by atoms with van der Waals surface area (Å²) in [6, 6.07) is 7.23. The zero-order valence-corrected chi connectivity index (χ0v) is 16.9. The fourth-order valence-corrected chi connectivity index (χ4v) is 3.59. The van der Waals surface area contributed by atoms with Crippen LogP contribution in [-0.2, 0) is 6.54 Å². The molecule has 1 aromatic carbocycles. The minimum absolute atomic E-state index is 0.108. The lowest BCUT2D eigenvalue weighted by Gasteiger charge is -2.37. The first kappa shape index (κ1) is 20.1. The van der Waals surface area contributed by atoms with Crippen molar-refractivity contribution in [2.24, 2.45) is 0 Å². The molecular formula is C21H28N2O5. The molecule has 2 heterocycles. The molecule has 0 atom stereocenters. The van der Waals surface area contributed by atoms with Crippen molar-refractivity contribution in [2.45, 2.75) is 25.4 Å². The predicted molar refractivity (Wildman–Crippen MR) is 105 cm³/mol. The molecule has 28 heavy (non-hydrogen) atoms. The fourth-order valence-electron chi connectivity index (χ4n) is 3.59. The minimum atomic E-state index is -0.108. The number of carbonyl (C=O) groups excluding carboxylic acids is 1. The third kappa shape index (κ3) is 4.25. The number of piperidine rings is 1. The van der Waals surface area contributed by atoms with E-state index in [0.717, 1.165) is 31.7 Å². The van der Waals surface area contributed by atoms with Crippen LogP contribution < -0.4 is 14.2 Å². The van der Waals surface area contributed by atoms with Crippen molar-refractivity contribution in [1.29, 1.82) is 0 Å². The third-order valence-corrected chi connectivity index (χ3v) is 5.23. The summed E-state index contributed by atoms with van der Waals surface area (Å²) in [7, 11) is 6.76. The number of likely N-dealkylation sites (tertiary alicyclic amines) is 1. The van der Waals surface area contributed by atoms with E-state index < -0.39 is 0 Å². The van der Waals surface area contributed by atoms with E-state index in [2.05, 4.69) is 11.9 Å². The van der Waals surface area contributed by atoms with Crippen LogP contribution >= 0.6 is 0 Å². The number of nitrogens with zero attached hydrogens (tertiary/aromatic N) is 2. The summed E-state index contributed by atoms with van der Waals surface area (Å²) in [6.07, 6.45) is 3.46. The molecule has 3 rings (SSSR count). The molecule has 0 saturated carbocycles. The molecular weight excluding hydrogens is 360 g/mol. The Morgan fingerprint density at radius 2 is 1.75 bits per heavy atom. The second-order valence-electron chi connectivity index (χ2n) is 6.95. The predicted octanol–water partition coefficient (Wildman–Crippen LogP) is 3.04. The van der Waals surface area contributed by atoms with Crippen LogP contribution in [0.3, 0.4) is 0 Å². The van der Waals surface area contributed by atoms with Crippen LogP contribution in [0.25, 0.3) is 0 Å². The third-order valence-electron chi connectivity index (χ3n) is 5.23. The van der Waals surface area contributed by atoms with Crippen molar-refractivity contribution in [3.63, 3.8) is 0 Å². The SMILES string of the molecule is COc1cc(OC)c(C(=O)N(Cc2ccco2)C2CCN(C)CC2)cc1OC. The Morgan fingerprint density at radius 3 is 2.32 bits per heavy atom. The second-order valence-corrected chi connectivity index (χ2v) is 6.95. The highest BCUT2D eigenvalue weighted by molar-refractivity contribution is 5.98. The lowest BCUT2D eigenvalue weighted by Crippen LogP contribution is -2.46. The molecule has 7 nitrogen and oxygen atoms in total. The van der Waals surface area contributed by atoms with Crippen molar-refractivity contribution in [2.75, 3.05) is 41.5 Å². The van der Waals surface area contributed by atoms with Gasteiger partial charge in [-0.05, 0) is 45.1 Å². The zero-order chi connectivity index (χ0) is 20.1. The molecule has 0 radical (unpaired) electrons. The van der Waals surface area contributed by atoms with Gasteiger partial charge in [-0.2, -0.15) is 0 Å². The average molecular weight is 388 g/mol. The lowest BCUT2D eigenvalue weighted by atomic mass is 10.0. The number of hydrogen-bond donors (Lipinski definition) is 0.